The number of aliphatic hydroxyl groups is 1. The molecule has 0 aromatic rings. The first kappa shape index (κ1) is 12.0. The summed E-state index contributed by atoms with van der Waals surface area (Å²) in [6, 6.07) is 0. The summed E-state index contributed by atoms with van der Waals surface area (Å²) in [5.41, 5.74) is 0.307. The van der Waals surface area contributed by atoms with Gasteiger partial charge in [0.25, 0.3) is 0 Å². The van der Waals surface area contributed by atoms with Crippen LogP contribution >= 0.6 is 0 Å². The van der Waals surface area contributed by atoms with E-state index in [9.17, 15) is 5.11 Å². The second-order valence-electron chi connectivity index (χ2n) is 7.11. The molecule has 0 aromatic carbocycles. The second kappa shape index (κ2) is 4.57. The van der Waals surface area contributed by atoms with E-state index in [1.807, 2.05) is 0 Å². The molecular weight excluding hydrogens is 208 g/mol. The van der Waals surface area contributed by atoms with E-state index in [2.05, 4.69) is 6.92 Å². The quantitative estimate of drug-likeness (QED) is 0.777. The summed E-state index contributed by atoms with van der Waals surface area (Å²) in [5, 5.41) is 10.7. The zero-order valence-electron chi connectivity index (χ0n) is 11.3. The maximum absolute atomic E-state index is 10.7. The van der Waals surface area contributed by atoms with Crippen LogP contribution in [0.5, 0.6) is 0 Å². The largest absolute Gasteiger partial charge is 0.393 e. The molecule has 4 atom stereocenters. The minimum atomic E-state index is -0.000602. The van der Waals surface area contributed by atoms with Gasteiger partial charge < -0.3 is 5.11 Å². The summed E-state index contributed by atoms with van der Waals surface area (Å²) < 4.78 is 0. The molecule has 0 amide bonds. The van der Waals surface area contributed by atoms with Gasteiger partial charge in [-0.25, -0.2) is 0 Å². The highest BCUT2D eigenvalue weighted by Crippen LogP contribution is 2.52. The Labute approximate surface area is 106 Å². The van der Waals surface area contributed by atoms with E-state index in [0.717, 1.165) is 24.2 Å². The lowest BCUT2D eigenvalue weighted by Gasteiger charge is -2.36. The van der Waals surface area contributed by atoms with E-state index < -0.39 is 0 Å². The lowest BCUT2D eigenvalue weighted by molar-refractivity contribution is 0.000830. The van der Waals surface area contributed by atoms with Crippen molar-refractivity contribution in [3.8, 4) is 0 Å². The molecule has 1 heteroatoms. The van der Waals surface area contributed by atoms with Crippen molar-refractivity contribution >= 4 is 0 Å². The summed E-state index contributed by atoms with van der Waals surface area (Å²) >= 11 is 0. The van der Waals surface area contributed by atoms with Gasteiger partial charge >= 0.3 is 0 Å². The number of hydrogen-bond acceptors (Lipinski definition) is 1. The Bertz CT molecular complexity index is 267. The minimum absolute atomic E-state index is 0.000602. The zero-order valence-corrected chi connectivity index (χ0v) is 11.3. The molecule has 0 aromatic heterocycles. The molecule has 0 heterocycles. The third-order valence-corrected chi connectivity index (χ3v) is 6.42. The fraction of sp³-hybridized carbons (Fsp3) is 1.00. The van der Waals surface area contributed by atoms with E-state index >= 15 is 0 Å². The van der Waals surface area contributed by atoms with Crippen LogP contribution in [0.1, 0.15) is 71.1 Å². The first-order valence-electron chi connectivity index (χ1n) is 7.91. The molecule has 4 unspecified atom stereocenters. The molecule has 3 rings (SSSR count). The van der Waals surface area contributed by atoms with Crippen LogP contribution in [0.4, 0.5) is 0 Å². The van der Waals surface area contributed by atoms with Crippen LogP contribution < -0.4 is 0 Å². The SMILES string of the molecule is CCC1(C(O)CC2CC3CCC2C3)CCCC1. The summed E-state index contributed by atoms with van der Waals surface area (Å²) in [7, 11) is 0. The number of hydrogen-bond donors (Lipinski definition) is 1. The molecule has 2 bridgehead atoms. The molecule has 0 radical (unpaired) electrons. The van der Waals surface area contributed by atoms with Gasteiger partial charge in [-0.2, -0.15) is 0 Å². The van der Waals surface area contributed by atoms with Crippen LogP contribution in [-0.2, 0) is 0 Å². The third kappa shape index (κ3) is 2.05. The molecule has 17 heavy (non-hydrogen) atoms. The summed E-state index contributed by atoms with van der Waals surface area (Å²) in [6.07, 6.45) is 13.4. The molecule has 3 fully saturated rings. The van der Waals surface area contributed by atoms with Crippen LogP contribution in [0.25, 0.3) is 0 Å². The van der Waals surface area contributed by atoms with Crippen molar-refractivity contribution in [1.29, 1.82) is 0 Å². The van der Waals surface area contributed by atoms with Gasteiger partial charge in [-0.1, -0.05) is 26.2 Å². The molecule has 0 saturated heterocycles. The molecule has 3 aliphatic carbocycles. The van der Waals surface area contributed by atoms with Gasteiger partial charge in [0, 0.05) is 0 Å². The average molecular weight is 236 g/mol. The Morgan fingerprint density at radius 3 is 2.47 bits per heavy atom. The topological polar surface area (TPSA) is 20.2 Å². The van der Waals surface area contributed by atoms with Crippen molar-refractivity contribution in [2.45, 2.75) is 77.2 Å². The Balaban J connectivity index is 1.61. The van der Waals surface area contributed by atoms with Crippen molar-refractivity contribution in [1.82, 2.24) is 0 Å². The van der Waals surface area contributed by atoms with Gasteiger partial charge in [-0.15, -0.1) is 0 Å². The fourth-order valence-electron chi connectivity index (χ4n) is 5.20. The average Bonchev–Trinajstić information content (AvgIpc) is 3.05. The Morgan fingerprint density at radius 1 is 1.18 bits per heavy atom. The van der Waals surface area contributed by atoms with Gasteiger partial charge in [0.2, 0.25) is 0 Å². The lowest BCUT2D eigenvalue weighted by atomic mass is 9.72. The highest BCUT2D eigenvalue weighted by molar-refractivity contribution is 4.95. The van der Waals surface area contributed by atoms with Crippen molar-refractivity contribution < 1.29 is 5.11 Å². The predicted molar refractivity (Wildman–Crippen MR) is 70.8 cm³/mol. The van der Waals surface area contributed by atoms with Crippen molar-refractivity contribution in [2.24, 2.45) is 23.2 Å². The minimum Gasteiger partial charge on any atom is -0.393 e. The van der Waals surface area contributed by atoms with Gasteiger partial charge in [0.05, 0.1) is 6.10 Å². The molecule has 1 nitrogen and oxygen atoms in total. The molecule has 3 saturated carbocycles. The highest BCUT2D eigenvalue weighted by Gasteiger charge is 2.44. The molecule has 0 aliphatic heterocycles. The monoisotopic (exact) mass is 236 g/mol. The predicted octanol–water partition coefficient (Wildman–Crippen LogP) is 4.14. The molecule has 98 valence electrons. The maximum Gasteiger partial charge on any atom is 0.0599 e. The summed E-state index contributed by atoms with van der Waals surface area (Å²) in [5.74, 6) is 2.87. The van der Waals surface area contributed by atoms with Crippen LogP contribution in [-0.4, -0.2) is 11.2 Å². The van der Waals surface area contributed by atoms with E-state index in [0.29, 0.717) is 5.41 Å². The van der Waals surface area contributed by atoms with E-state index in [1.54, 1.807) is 0 Å². The normalized spacial score (nSPS) is 40.9. The summed E-state index contributed by atoms with van der Waals surface area (Å²) in [6.45, 7) is 2.29. The Hall–Kier alpha value is -0.0400. The molecule has 0 spiro atoms. The van der Waals surface area contributed by atoms with E-state index in [1.165, 1.54) is 57.8 Å². The second-order valence-corrected chi connectivity index (χ2v) is 7.11. The van der Waals surface area contributed by atoms with Crippen LogP contribution in [0.15, 0.2) is 0 Å². The van der Waals surface area contributed by atoms with Crippen molar-refractivity contribution in [3.05, 3.63) is 0 Å². The van der Waals surface area contributed by atoms with Crippen LogP contribution in [0, 0.1) is 23.2 Å². The number of rotatable bonds is 4. The fourth-order valence-corrected chi connectivity index (χ4v) is 5.20. The smallest absolute Gasteiger partial charge is 0.0599 e. The van der Waals surface area contributed by atoms with Crippen LogP contribution in [0.3, 0.4) is 0 Å². The first-order chi connectivity index (χ1) is 8.23. The molecular formula is C16H28O. The molecule has 1 N–H and O–H groups in total. The number of aliphatic hydroxyl groups excluding tert-OH is 1. The van der Waals surface area contributed by atoms with Gasteiger partial charge in [0.15, 0.2) is 0 Å². The van der Waals surface area contributed by atoms with Crippen molar-refractivity contribution in [3.63, 3.8) is 0 Å². The Morgan fingerprint density at radius 2 is 1.94 bits per heavy atom. The van der Waals surface area contributed by atoms with Crippen molar-refractivity contribution in [2.75, 3.05) is 0 Å². The van der Waals surface area contributed by atoms with Gasteiger partial charge in [-0.05, 0) is 68.1 Å². The van der Waals surface area contributed by atoms with E-state index in [-0.39, 0.29) is 6.10 Å². The van der Waals surface area contributed by atoms with Gasteiger partial charge in [-0.3, -0.25) is 0 Å². The summed E-state index contributed by atoms with van der Waals surface area (Å²) in [4.78, 5) is 0. The lowest BCUT2D eigenvalue weighted by Crippen LogP contribution is -2.34. The molecule has 3 aliphatic rings. The zero-order chi connectivity index (χ0) is 11.9. The first-order valence-corrected chi connectivity index (χ1v) is 7.91. The highest BCUT2D eigenvalue weighted by atomic mass is 16.3. The Kier molecular flexibility index (Phi) is 3.23. The van der Waals surface area contributed by atoms with E-state index in [4.69, 9.17) is 0 Å². The van der Waals surface area contributed by atoms with Crippen LogP contribution in [0.2, 0.25) is 0 Å². The maximum atomic E-state index is 10.7. The standard InChI is InChI=1S/C16H28O/c1-2-16(7-3-4-8-16)15(17)11-14-10-12-5-6-13(14)9-12/h12-15,17H,2-11H2,1H3. The number of fused-ring (bicyclic) bond motifs is 2. The third-order valence-electron chi connectivity index (χ3n) is 6.42. The van der Waals surface area contributed by atoms with Gasteiger partial charge in [0.1, 0.15) is 0 Å².